The third-order valence-electron chi connectivity index (χ3n) is 6.72. The fourth-order valence-electron chi connectivity index (χ4n) is 4.89. The van der Waals surface area contributed by atoms with E-state index in [0.29, 0.717) is 29.3 Å². The number of carbonyl (C=O) groups excluding carboxylic acids is 1. The lowest BCUT2D eigenvalue weighted by Gasteiger charge is -2.35. The number of carbonyl (C=O) groups is 1. The Kier molecular flexibility index (Phi) is 6.56. The van der Waals surface area contributed by atoms with Crippen LogP contribution < -0.4 is 20.4 Å². The smallest absolute Gasteiger partial charge is 0.323 e. The third-order valence-corrected chi connectivity index (χ3v) is 7.66. The van der Waals surface area contributed by atoms with Crippen LogP contribution >= 0.6 is 11.8 Å². The van der Waals surface area contributed by atoms with Gasteiger partial charge in [0.15, 0.2) is 5.82 Å². The Hall–Kier alpha value is -3.44. The molecule has 2 aromatic heterocycles. The molecule has 0 radical (unpaired) electrons. The highest BCUT2D eigenvalue weighted by Crippen LogP contribution is 2.34. The number of morpholine rings is 1. The molecule has 0 spiro atoms. The molecule has 11 heteroatoms. The Morgan fingerprint density at radius 3 is 2.19 bits per heavy atom. The topological polar surface area (TPSA) is 108 Å². The number of nitrogens with one attached hydrogen (secondary N) is 2. The van der Waals surface area contributed by atoms with E-state index in [9.17, 15) is 4.79 Å². The predicted molar refractivity (Wildman–Crippen MR) is 142 cm³/mol. The average molecular weight is 505 g/mol. The second-order valence-corrected chi connectivity index (χ2v) is 10.3. The lowest BCUT2D eigenvalue weighted by atomic mass is 10.2. The van der Waals surface area contributed by atoms with Crippen LogP contribution in [-0.4, -0.2) is 75.9 Å². The van der Waals surface area contributed by atoms with Crippen LogP contribution in [-0.2, 0) is 4.74 Å². The van der Waals surface area contributed by atoms with Gasteiger partial charge in [0.1, 0.15) is 0 Å². The molecule has 3 aromatic rings. The summed E-state index contributed by atoms with van der Waals surface area (Å²) in [4.78, 5) is 35.6. The van der Waals surface area contributed by atoms with Crippen LogP contribution in [0.25, 0.3) is 11.4 Å². The van der Waals surface area contributed by atoms with Crippen molar-refractivity contribution in [2.45, 2.75) is 24.9 Å². The number of benzene rings is 1. The predicted octanol–water partition coefficient (Wildman–Crippen LogP) is 3.50. The van der Waals surface area contributed by atoms with E-state index in [1.165, 1.54) is 0 Å². The van der Waals surface area contributed by atoms with Crippen LogP contribution in [0.5, 0.6) is 0 Å². The van der Waals surface area contributed by atoms with Gasteiger partial charge in [0.2, 0.25) is 11.9 Å². The van der Waals surface area contributed by atoms with Gasteiger partial charge in [0, 0.05) is 53.9 Å². The van der Waals surface area contributed by atoms with Crippen molar-refractivity contribution in [3.8, 4) is 11.4 Å². The first kappa shape index (κ1) is 23.0. The molecule has 1 aromatic carbocycles. The van der Waals surface area contributed by atoms with Crippen molar-refractivity contribution in [1.82, 2.24) is 19.9 Å². The molecule has 2 amide bonds. The van der Waals surface area contributed by atoms with Gasteiger partial charge in [-0.05, 0) is 49.2 Å². The summed E-state index contributed by atoms with van der Waals surface area (Å²) in [6.07, 6.45) is 5.46. The molecule has 0 aliphatic carbocycles. The standard InChI is InChI=1S/C25H28N8O2S/c34-25(28-19-7-9-26-10-8-19)27-18-3-1-17(2-4-18)22-29-23(32-11-13-36-14-12-32)31-24(30-22)33-20-5-6-21(33)16-35-15-20/h1-4,7-10,20-21H,5-6,11-16H2,(H2,26,27,28,34). The van der Waals surface area contributed by atoms with E-state index < -0.39 is 0 Å². The Morgan fingerprint density at radius 1 is 0.861 bits per heavy atom. The summed E-state index contributed by atoms with van der Waals surface area (Å²) < 4.78 is 5.78. The molecule has 10 nitrogen and oxygen atoms in total. The molecule has 36 heavy (non-hydrogen) atoms. The monoisotopic (exact) mass is 504 g/mol. The highest BCUT2D eigenvalue weighted by atomic mass is 32.2. The summed E-state index contributed by atoms with van der Waals surface area (Å²) >= 11 is 1.96. The van der Waals surface area contributed by atoms with Crippen LogP contribution in [0.2, 0.25) is 0 Å². The van der Waals surface area contributed by atoms with Gasteiger partial charge in [-0.2, -0.15) is 26.7 Å². The van der Waals surface area contributed by atoms with Gasteiger partial charge in [-0.3, -0.25) is 4.98 Å². The second-order valence-electron chi connectivity index (χ2n) is 9.08. The van der Waals surface area contributed by atoms with E-state index in [4.69, 9.17) is 19.7 Å². The van der Waals surface area contributed by atoms with Crippen LogP contribution in [0, 0.1) is 0 Å². The highest BCUT2D eigenvalue weighted by Gasteiger charge is 2.39. The lowest BCUT2D eigenvalue weighted by Crippen LogP contribution is -2.47. The molecule has 0 saturated carbocycles. The van der Waals surface area contributed by atoms with E-state index >= 15 is 0 Å². The molecular weight excluding hydrogens is 476 g/mol. The molecule has 5 heterocycles. The number of anilines is 4. The van der Waals surface area contributed by atoms with Crippen molar-refractivity contribution in [1.29, 1.82) is 0 Å². The number of hydrogen-bond acceptors (Lipinski definition) is 9. The molecule has 2 N–H and O–H groups in total. The minimum Gasteiger partial charge on any atom is -0.377 e. The Bertz CT molecular complexity index is 1190. The molecule has 2 atom stereocenters. The summed E-state index contributed by atoms with van der Waals surface area (Å²) in [5, 5.41) is 5.65. The largest absolute Gasteiger partial charge is 0.377 e. The molecule has 3 aliphatic rings. The van der Waals surface area contributed by atoms with Crippen molar-refractivity contribution in [3.63, 3.8) is 0 Å². The average Bonchev–Trinajstić information content (AvgIpc) is 3.18. The summed E-state index contributed by atoms with van der Waals surface area (Å²) in [5.41, 5.74) is 2.24. The number of thioether (sulfide) groups is 1. The quantitative estimate of drug-likeness (QED) is 0.540. The van der Waals surface area contributed by atoms with Crippen LogP contribution in [0.4, 0.5) is 28.1 Å². The van der Waals surface area contributed by atoms with Crippen LogP contribution in [0.15, 0.2) is 48.8 Å². The van der Waals surface area contributed by atoms with Gasteiger partial charge in [-0.25, -0.2) is 4.79 Å². The normalized spacial score (nSPS) is 21.3. The zero-order chi connectivity index (χ0) is 24.3. The Labute approximate surface area is 213 Å². The number of rotatable bonds is 5. The Balaban J connectivity index is 1.25. The van der Waals surface area contributed by atoms with Crippen LogP contribution in [0.3, 0.4) is 0 Å². The third kappa shape index (κ3) is 4.93. The van der Waals surface area contributed by atoms with Crippen molar-refractivity contribution >= 4 is 41.1 Å². The molecule has 3 aliphatic heterocycles. The summed E-state index contributed by atoms with van der Waals surface area (Å²) in [6.45, 7) is 3.29. The number of fused-ring (bicyclic) bond motifs is 2. The molecule has 2 unspecified atom stereocenters. The number of amides is 2. The van der Waals surface area contributed by atoms with Gasteiger partial charge in [-0.15, -0.1) is 0 Å². The number of nitrogens with zero attached hydrogens (tertiary/aromatic N) is 6. The molecule has 3 fully saturated rings. The van der Waals surface area contributed by atoms with E-state index in [0.717, 1.165) is 68.1 Å². The Morgan fingerprint density at radius 2 is 1.50 bits per heavy atom. The molecule has 6 rings (SSSR count). The zero-order valence-corrected chi connectivity index (χ0v) is 20.7. The van der Waals surface area contributed by atoms with Gasteiger partial charge >= 0.3 is 6.03 Å². The summed E-state index contributed by atoms with van der Waals surface area (Å²) in [6, 6.07) is 11.4. The van der Waals surface area contributed by atoms with E-state index in [2.05, 4.69) is 25.4 Å². The van der Waals surface area contributed by atoms with Crippen molar-refractivity contribution < 1.29 is 9.53 Å². The fourth-order valence-corrected chi connectivity index (χ4v) is 5.79. The number of pyridine rings is 1. The lowest BCUT2D eigenvalue weighted by molar-refractivity contribution is 0.0897. The maximum atomic E-state index is 12.3. The maximum absolute atomic E-state index is 12.3. The number of aromatic nitrogens is 4. The minimum absolute atomic E-state index is 0.314. The van der Waals surface area contributed by atoms with Gasteiger partial charge in [0.25, 0.3) is 0 Å². The molecular formula is C25H28N8O2S. The van der Waals surface area contributed by atoms with Crippen molar-refractivity contribution in [2.75, 3.05) is 58.2 Å². The first-order valence-corrected chi connectivity index (χ1v) is 13.4. The van der Waals surface area contributed by atoms with E-state index in [-0.39, 0.29) is 6.03 Å². The van der Waals surface area contributed by atoms with Gasteiger partial charge < -0.3 is 25.2 Å². The van der Waals surface area contributed by atoms with Crippen molar-refractivity contribution in [3.05, 3.63) is 48.8 Å². The van der Waals surface area contributed by atoms with Crippen LogP contribution in [0.1, 0.15) is 12.8 Å². The molecule has 2 bridgehead atoms. The zero-order valence-electron chi connectivity index (χ0n) is 19.8. The summed E-state index contributed by atoms with van der Waals surface area (Å²) in [5.74, 6) is 4.26. The maximum Gasteiger partial charge on any atom is 0.323 e. The minimum atomic E-state index is -0.315. The summed E-state index contributed by atoms with van der Waals surface area (Å²) in [7, 11) is 0. The van der Waals surface area contributed by atoms with Gasteiger partial charge in [0.05, 0.1) is 25.3 Å². The number of urea groups is 1. The molecule has 3 saturated heterocycles. The first-order chi connectivity index (χ1) is 17.7. The number of hydrogen-bond donors (Lipinski definition) is 2. The highest BCUT2D eigenvalue weighted by molar-refractivity contribution is 7.99. The first-order valence-electron chi connectivity index (χ1n) is 12.3. The van der Waals surface area contributed by atoms with Crippen molar-refractivity contribution in [2.24, 2.45) is 0 Å². The second kappa shape index (κ2) is 10.3. The molecule has 186 valence electrons. The van der Waals surface area contributed by atoms with E-state index in [1.54, 1.807) is 24.5 Å². The van der Waals surface area contributed by atoms with E-state index in [1.807, 2.05) is 36.0 Å². The SMILES string of the molecule is O=C(Nc1ccncc1)Nc1ccc(-c2nc(N3CCSCC3)nc(N3C4CCC3COC4)n2)cc1. The number of ether oxygens (including phenoxy) is 1. The van der Waals surface area contributed by atoms with Gasteiger partial charge in [-0.1, -0.05) is 0 Å². The fraction of sp³-hybridized carbons (Fsp3) is 0.400.